The summed E-state index contributed by atoms with van der Waals surface area (Å²) < 4.78 is 23.2. The fourth-order valence-electron chi connectivity index (χ4n) is 3.28. The molecule has 0 heterocycles. The average molecular weight is 523 g/mol. The highest BCUT2D eigenvalue weighted by molar-refractivity contribution is 6.07. The van der Waals surface area contributed by atoms with Crippen LogP contribution in [0, 0.1) is 5.41 Å². The van der Waals surface area contributed by atoms with E-state index < -0.39 is 16.6 Å². The quantitative estimate of drug-likeness (QED) is 0.105. The zero-order valence-corrected chi connectivity index (χ0v) is 24.3. The third-order valence-electron chi connectivity index (χ3n) is 4.99. The minimum atomic E-state index is -0.604. The predicted octanol–water partition coefficient (Wildman–Crippen LogP) is 7.59. The normalized spacial score (nSPS) is 12.2. The smallest absolute Gasteiger partial charge is 0.314 e. The number of allylic oxidation sites excluding steroid dienone is 2. The zero-order chi connectivity index (χ0) is 28.7. The van der Waals surface area contributed by atoms with Gasteiger partial charge in [-0.1, -0.05) is 12.1 Å². The van der Waals surface area contributed by atoms with Crippen LogP contribution >= 0.6 is 0 Å². The van der Waals surface area contributed by atoms with Crippen LogP contribution in [-0.4, -0.2) is 29.7 Å². The summed E-state index contributed by atoms with van der Waals surface area (Å²) in [6, 6.07) is 10.5. The van der Waals surface area contributed by atoms with Gasteiger partial charge in [0.2, 0.25) is 6.79 Å². The van der Waals surface area contributed by atoms with E-state index in [0.29, 0.717) is 34.8 Å². The minimum Gasteiger partial charge on any atom is -0.487 e. The number of hydrogen-bond donors (Lipinski definition) is 0. The van der Waals surface area contributed by atoms with Crippen molar-refractivity contribution in [1.29, 1.82) is 0 Å². The molecule has 2 aromatic rings. The van der Waals surface area contributed by atoms with Crippen LogP contribution in [0.25, 0.3) is 6.08 Å². The number of rotatable bonds is 10. The van der Waals surface area contributed by atoms with Crippen LogP contribution < -0.4 is 14.2 Å². The maximum absolute atomic E-state index is 13.1. The topological polar surface area (TPSA) is 71.1 Å². The van der Waals surface area contributed by atoms with Crippen molar-refractivity contribution < 1.29 is 28.5 Å². The molecular formula is C32H42O6. The molecule has 0 aliphatic heterocycles. The van der Waals surface area contributed by atoms with E-state index in [2.05, 4.69) is 6.58 Å². The molecule has 0 saturated heterocycles. The molecule has 38 heavy (non-hydrogen) atoms. The first-order chi connectivity index (χ1) is 17.5. The molecule has 0 spiro atoms. The van der Waals surface area contributed by atoms with E-state index in [9.17, 15) is 9.59 Å². The third-order valence-corrected chi connectivity index (χ3v) is 4.99. The third kappa shape index (κ3) is 9.73. The van der Waals surface area contributed by atoms with Gasteiger partial charge in [0.25, 0.3) is 0 Å². The van der Waals surface area contributed by atoms with Crippen LogP contribution in [0.1, 0.15) is 83.8 Å². The van der Waals surface area contributed by atoms with E-state index in [1.807, 2.05) is 59.8 Å². The molecule has 0 fully saturated rings. The summed E-state index contributed by atoms with van der Waals surface area (Å²) in [6.07, 6.45) is 5.69. The van der Waals surface area contributed by atoms with Crippen molar-refractivity contribution in [3.05, 3.63) is 71.8 Å². The molecule has 0 unspecified atom stereocenters. The monoisotopic (exact) mass is 522 g/mol. The van der Waals surface area contributed by atoms with Crippen LogP contribution in [0.2, 0.25) is 0 Å². The Balaban J connectivity index is 2.31. The Morgan fingerprint density at radius 3 is 1.97 bits per heavy atom. The summed E-state index contributed by atoms with van der Waals surface area (Å²) in [5.74, 6) is 1.24. The molecule has 6 heteroatoms. The Hall–Kier alpha value is -3.54. The number of ether oxygens (including phenoxy) is 4. The van der Waals surface area contributed by atoms with Crippen LogP contribution in [0.5, 0.6) is 17.2 Å². The summed E-state index contributed by atoms with van der Waals surface area (Å²) in [7, 11) is 0. The van der Waals surface area contributed by atoms with Gasteiger partial charge in [-0.15, -0.1) is 6.58 Å². The molecule has 0 N–H and O–H groups in total. The Bertz CT molecular complexity index is 1150. The molecule has 206 valence electrons. The van der Waals surface area contributed by atoms with Crippen molar-refractivity contribution in [3.63, 3.8) is 0 Å². The molecule has 2 aromatic carbocycles. The van der Waals surface area contributed by atoms with Crippen molar-refractivity contribution in [2.24, 2.45) is 5.41 Å². The highest BCUT2D eigenvalue weighted by Crippen LogP contribution is 2.38. The van der Waals surface area contributed by atoms with E-state index in [0.717, 1.165) is 5.56 Å². The number of carbonyl (C=O) groups excluding carboxylic acids is 2. The fraction of sp³-hybridized carbons (Fsp3) is 0.438. The summed E-state index contributed by atoms with van der Waals surface area (Å²) in [6.45, 7) is 20.9. The Morgan fingerprint density at radius 2 is 1.45 bits per heavy atom. The van der Waals surface area contributed by atoms with Gasteiger partial charge in [0.1, 0.15) is 28.5 Å². The van der Waals surface area contributed by atoms with Gasteiger partial charge in [-0.05, 0) is 117 Å². The summed E-state index contributed by atoms with van der Waals surface area (Å²) in [4.78, 5) is 24.9. The van der Waals surface area contributed by atoms with Crippen molar-refractivity contribution in [2.75, 3.05) is 6.79 Å². The summed E-state index contributed by atoms with van der Waals surface area (Å²) in [5.41, 5.74) is 0.633. The molecule has 0 bridgehead atoms. The van der Waals surface area contributed by atoms with Crippen LogP contribution in [0.3, 0.4) is 0 Å². The van der Waals surface area contributed by atoms with Gasteiger partial charge in [0.05, 0.1) is 11.0 Å². The number of carbonyl (C=O) groups is 2. The molecule has 0 radical (unpaired) electrons. The molecule has 0 atom stereocenters. The second kappa shape index (κ2) is 12.3. The Morgan fingerprint density at radius 1 is 0.842 bits per heavy atom. The van der Waals surface area contributed by atoms with Crippen LogP contribution in [0.4, 0.5) is 0 Å². The van der Waals surface area contributed by atoms with Crippen LogP contribution in [-0.2, 0) is 16.0 Å². The first-order valence-corrected chi connectivity index (χ1v) is 12.8. The number of benzene rings is 2. The lowest BCUT2D eigenvalue weighted by atomic mass is 9.98. The van der Waals surface area contributed by atoms with Gasteiger partial charge in [-0.2, -0.15) is 0 Å². The summed E-state index contributed by atoms with van der Waals surface area (Å²) in [5, 5.41) is 0. The van der Waals surface area contributed by atoms with Crippen molar-refractivity contribution >= 4 is 17.8 Å². The maximum atomic E-state index is 13.1. The van der Waals surface area contributed by atoms with Gasteiger partial charge in [-0.25, -0.2) is 0 Å². The molecule has 0 aromatic heterocycles. The Labute approximate surface area is 227 Å². The second-order valence-corrected chi connectivity index (χ2v) is 12.1. The molecule has 2 rings (SSSR count). The van der Waals surface area contributed by atoms with Crippen LogP contribution in [0.15, 0.2) is 55.1 Å². The van der Waals surface area contributed by atoms with Gasteiger partial charge < -0.3 is 18.9 Å². The molecule has 0 aliphatic carbocycles. The first kappa shape index (κ1) is 30.7. The zero-order valence-electron chi connectivity index (χ0n) is 24.3. The van der Waals surface area contributed by atoms with E-state index in [4.69, 9.17) is 18.9 Å². The van der Waals surface area contributed by atoms with Crippen molar-refractivity contribution in [1.82, 2.24) is 0 Å². The molecule has 0 aliphatic rings. The van der Waals surface area contributed by atoms with Gasteiger partial charge in [0.15, 0.2) is 5.78 Å². The number of hydrogen-bond acceptors (Lipinski definition) is 6. The molecular weight excluding hydrogens is 480 g/mol. The highest BCUT2D eigenvalue weighted by Gasteiger charge is 2.24. The predicted molar refractivity (Wildman–Crippen MR) is 152 cm³/mol. The second-order valence-electron chi connectivity index (χ2n) is 12.1. The van der Waals surface area contributed by atoms with Gasteiger partial charge in [-0.3, -0.25) is 9.59 Å². The lowest BCUT2D eigenvalue weighted by molar-refractivity contribution is -0.159. The number of esters is 1. The van der Waals surface area contributed by atoms with E-state index in [1.54, 1.807) is 51.1 Å². The largest absolute Gasteiger partial charge is 0.487 e. The highest BCUT2D eigenvalue weighted by atomic mass is 16.7. The van der Waals surface area contributed by atoms with Gasteiger partial charge in [0, 0.05) is 5.56 Å². The maximum Gasteiger partial charge on any atom is 0.314 e. The molecule has 0 saturated carbocycles. The van der Waals surface area contributed by atoms with E-state index in [-0.39, 0.29) is 18.5 Å². The minimum absolute atomic E-state index is 0.187. The SMILES string of the molecule is C=CCc1ccc(OC(C)(C)C)c(C=CC(=O)c2ccc(OCOC(=O)C(C)(C)C)cc2)c1OC(C)(C)C. The number of ketones is 1. The lowest BCUT2D eigenvalue weighted by Gasteiger charge is -2.28. The molecule has 6 nitrogen and oxygen atoms in total. The Kier molecular flexibility index (Phi) is 9.96. The summed E-state index contributed by atoms with van der Waals surface area (Å²) >= 11 is 0. The molecule has 0 amide bonds. The lowest BCUT2D eigenvalue weighted by Crippen LogP contribution is -2.26. The standard InChI is InChI=1S/C32H42O6/c1-11-12-23-15-20-27(37-31(5,6)7)25(28(23)38-32(8,9)10)18-19-26(33)22-13-16-24(17-14-22)35-21-36-29(34)30(2,3)4/h11,13-20H,1,12,21H2,2-10H3. The van der Waals surface area contributed by atoms with E-state index >= 15 is 0 Å². The van der Waals surface area contributed by atoms with Crippen molar-refractivity contribution in [3.8, 4) is 17.2 Å². The van der Waals surface area contributed by atoms with Crippen molar-refractivity contribution in [2.45, 2.75) is 79.9 Å². The average Bonchev–Trinajstić information content (AvgIpc) is 2.78. The van der Waals surface area contributed by atoms with Gasteiger partial charge >= 0.3 is 5.97 Å². The van der Waals surface area contributed by atoms with E-state index in [1.165, 1.54) is 6.08 Å². The fourth-order valence-corrected chi connectivity index (χ4v) is 3.28. The first-order valence-electron chi connectivity index (χ1n) is 12.8.